The van der Waals surface area contributed by atoms with Crippen molar-refractivity contribution < 1.29 is 4.79 Å². The summed E-state index contributed by atoms with van der Waals surface area (Å²) in [6.45, 7) is 1.81. The van der Waals surface area contributed by atoms with E-state index in [1.54, 1.807) is 6.20 Å². The molecule has 2 aliphatic heterocycles. The number of fused-ring (bicyclic) bond motifs is 2. The number of nitrogens with zero attached hydrogens (tertiary/aromatic N) is 2. The number of carbonyl (C=O) groups is 1. The number of aromatic amines is 1. The Morgan fingerprint density at radius 3 is 2.57 bits per heavy atom. The molecule has 108 valence electrons. The fourth-order valence-electron chi connectivity index (χ4n) is 3.52. The van der Waals surface area contributed by atoms with Crippen LogP contribution in [0.4, 0.5) is 0 Å². The molecule has 2 aromatic rings. The Labute approximate surface area is 123 Å². The number of amides is 1. The highest BCUT2D eigenvalue weighted by Gasteiger charge is 2.40. The number of piperazine rings is 1. The fourth-order valence-corrected chi connectivity index (χ4v) is 3.52. The summed E-state index contributed by atoms with van der Waals surface area (Å²) in [6, 6.07) is 10.6. The number of rotatable bonds is 2. The van der Waals surface area contributed by atoms with Gasteiger partial charge in [-0.2, -0.15) is 5.10 Å². The van der Waals surface area contributed by atoms with E-state index in [0.29, 0.717) is 17.6 Å². The number of nitrogens with one attached hydrogen (secondary N) is 2. The molecule has 0 saturated carbocycles. The van der Waals surface area contributed by atoms with Crippen molar-refractivity contribution >= 4 is 5.91 Å². The molecule has 21 heavy (non-hydrogen) atoms. The molecule has 0 aliphatic carbocycles. The van der Waals surface area contributed by atoms with Gasteiger partial charge in [-0.15, -0.1) is 0 Å². The van der Waals surface area contributed by atoms with Crippen molar-refractivity contribution in [3.05, 3.63) is 42.1 Å². The first-order valence-electron chi connectivity index (χ1n) is 7.47. The Bertz CT molecular complexity index is 635. The minimum absolute atomic E-state index is 0.108. The van der Waals surface area contributed by atoms with Gasteiger partial charge in [0.25, 0.3) is 5.91 Å². The van der Waals surface area contributed by atoms with Crippen LogP contribution in [0.3, 0.4) is 0 Å². The predicted octanol–water partition coefficient (Wildman–Crippen LogP) is 1.65. The van der Waals surface area contributed by atoms with Crippen LogP contribution in [-0.2, 0) is 0 Å². The summed E-state index contributed by atoms with van der Waals surface area (Å²) in [4.78, 5) is 15.0. The molecule has 0 unspecified atom stereocenters. The van der Waals surface area contributed by atoms with E-state index in [0.717, 1.165) is 37.2 Å². The van der Waals surface area contributed by atoms with Gasteiger partial charge in [0, 0.05) is 30.7 Å². The maximum absolute atomic E-state index is 13.0. The Hall–Kier alpha value is -2.14. The standard InChI is InChI=1S/C16H18N4O/c21-16(20-12-6-7-13(20)9-17-8-12)14-10-18-19-15(14)11-4-2-1-3-5-11/h1-5,10,12-13,17H,6-9H2,(H,18,19)/t12-,13+. The highest BCUT2D eigenvalue weighted by atomic mass is 16.2. The fraction of sp³-hybridized carbons (Fsp3) is 0.375. The topological polar surface area (TPSA) is 61.0 Å². The van der Waals surface area contributed by atoms with Gasteiger partial charge in [-0.3, -0.25) is 9.89 Å². The molecule has 0 spiro atoms. The van der Waals surface area contributed by atoms with Crippen molar-refractivity contribution in [3.8, 4) is 11.3 Å². The first kappa shape index (κ1) is 12.6. The lowest BCUT2D eigenvalue weighted by molar-refractivity contribution is 0.0620. The molecule has 3 heterocycles. The average Bonchev–Trinajstić information content (AvgIpc) is 3.11. The van der Waals surface area contributed by atoms with Gasteiger partial charge in [0.05, 0.1) is 17.5 Å². The molecule has 2 fully saturated rings. The van der Waals surface area contributed by atoms with Crippen molar-refractivity contribution in [1.29, 1.82) is 0 Å². The van der Waals surface area contributed by atoms with E-state index in [-0.39, 0.29) is 5.91 Å². The van der Waals surface area contributed by atoms with Gasteiger partial charge in [0.15, 0.2) is 0 Å². The minimum atomic E-state index is 0.108. The minimum Gasteiger partial charge on any atom is -0.330 e. The summed E-state index contributed by atoms with van der Waals surface area (Å²) >= 11 is 0. The Kier molecular flexibility index (Phi) is 3.00. The van der Waals surface area contributed by atoms with Crippen LogP contribution in [0.5, 0.6) is 0 Å². The molecule has 2 saturated heterocycles. The first-order chi connectivity index (χ1) is 10.3. The number of aromatic nitrogens is 2. The number of hydrogen-bond donors (Lipinski definition) is 2. The third kappa shape index (κ3) is 2.05. The second-order valence-electron chi connectivity index (χ2n) is 5.78. The molecule has 2 atom stereocenters. The van der Waals surface area contributed by atoms with Gasteiger partial charge in [0.1, 0.15) is 0 Å². The summed E-state index contributed by atoms with van der Waals surface area (Å²) in [5.74, 6) is 0.108. The lowest BCUT2D eigenvalue weighted by Gasteiger charge is -2.35. The van der Waals surface area contributed by atoms with Gasteiger partial charge >= 0.3 is 0 Å². The second kappa shape index (κ2) is 5.00. The van der Waals surface area contributed by atoms with E-state index in [1.807, 2.05) is 30.3 Å². The first-order valence-corrected chi connectivity index (χ1v) is 7.47. The molecule has 2 N–H and O–H groups in total. The van der Waals surface area contributed by atoms with Crippen molar-refractivity contribution in [1.82, 2.24) is 20.4 Å². The highest BCUT2D eigenvalue weighted by molar-refractivity contribution is 6.00. The monoisotopic (exact) mass is 282 g/mol. The molecule has 1 aromatic carbocycles. The van der Waals surface area contributed by atoms with Gasteiger partial charge in [-0.25, -0.2) is 0 Å². The second-order valence-corrected chi connectivity index (χ2v) is 5.78. The Balaban J connectivity index is 1.69. The van der Waals surface area contributed by atoms with Crippen molar-refractivity contribution in [2.45, 2.75) is 24.9 Å². The molecule has 4 rings (SSSR count). The summed E-state index contributed by atoms with van der Waals surface area (Å²) < 4.78 is 0. The molecular formula is C16H18N4O. The van der Waals surface area contributed by atoms with E-state index in [2.05, 4.69) is 20.4 Å². The van der Waals surface area contributed by atoms with E-state index < -0.39 is 0 Å². The summed E-state index contributed by atoms with van der Waals surface area (Å²) in [5.41, 5.74) is 2.50. The van der Waals surface area contributed by atoms with Crippen LogP contribution >= 0.6 is 0 Å². The van der Waals surface area contributed by atoms with Gasteiger partial charge in [-0.1, -0.05) is 30.3 Å². The van der Waals surface area contributed by atoms with Crippen LogP contribution < -0.4 is 5.32 Å². The SMILES string of the molecule is O=C(c1cn[nH]c1-c1ccccc1)N1[C@@H]2CC[C@H]1CNC2. The molecule has 2 aliphatic rings. The number of benzene rings is 1. The number of carbonyl (C=O) groups excluding carboxylic acids is 1. The number of hydrogen-bond acceptors (Lipinski definition) is 3. The normalized spacial score (nSPS) is 24.3. The van der Waals surface area contributed by atoms with Crippen LogP contribution in [0, 0.1) is 0 Å². The zero-order valence-electron chi connectivity index (χ0n) is 11.7. The predicted molar refractivity (Wildman–Crippen MR) is 79.9 cm³/mol. The zero-order chi connectivity index (χ0) is 14.2. The van der Waals surface area contributed by atoms with Crippen LogP contribution in [0.15, 0.2) is 36.5 Å². The summed E-state index contributed by atoms with van der Waals surface area (Å²) in [6.07, 6.45) is 3.86. The molecule has 1 aromatic heterocycles. The van der Waals surface area contributed by atoms with E-state index in [1.165, 1.54) is 0 Å². The van der Waals surface area contributed by atoms with Crippen LogP contribution in [0.1, 0.15) is 23.2 Å². The largest absolute Gasteiger partial charge is 0.330 e. The van der Waals surface area contributed by atoms with Gasteiger partial charge in [0.2, 0.25) is 0 Å². The maximum atomic E-state index is 13.0. The molecule has 0 radical (unpaired) electrons. The third-order valence-electron chi connectivity index (χ3n) is 4.55. The quantitative estimate of drug-likeness (QED) is 0.880. The third-order valence-corrected chi connectivity index (χ3v) is 4.55. The van der Waals surface area contributed by atoms with Crippen molar-refractivity contribution in [2.75, 3.05) is 13.1 Å². The van der Waals surface area contributed by atoms with Crippen molar-refractivity contribution in [2.24, 2.45) is 0 Å². The lowest BCUT2D eigenvalue weighted by atomic mass is 10.1. The van der Waals surface area contributed by atoms with Gasteiger partial charge < -0.3 is 10.2 Å². The van der Waals surface area contributed by atoms with Crippen LogP contribution in [-0.4, -0.2) is 46.2 Å². The summed E-state index contributed by atoms with van der Waals surface area (Å²) in [7, 11) is 0. The average molecular weight is 282 g/mol. The molecular weight excluding hydrogens is 264 g/mol. The highest BCUT2D eigenvalue weighted by Crippen LogP contribution is 2.30. The molecule has 5 nitrogen and oxygen atoms in total. The van der Waals surface area contributed by atoms with E-state index in [9.17, 15) is 4.79 Å². The van der Waals surface area contributed by atoms with E-state index in [4.69, 9.17) is 0 Å². The summed E-state index contributed by atoms with van der Waals surface area (Å²) in [5, 5.41) is 10.5. The molecule has 2 bridgehead atoms. The van der Waals surface area contributed by atoms with E-state index >= 15 is 0 Å². The number of H-pyrrole nitrogens is 1. The van der Waals surface area contributed by atoms with Crippen LogP contribution in [0.25, 0.3) is 11.3 Å². The lowest BCUT2D eigenvalue weighted by Crippen LogP contribution is -2.54. The Morgan fingerprint density at radius 2 is 1.86 bits per heavy atom. The van der Waals surface area contributed by atoms with Crippen LogP contribution in [0.2, 0.25) is 0 Å². The molecule has 1 amide bonds. The smallest absolute Gasteiger partial charge is 0.258 e. The molecule has 5 heteroatoms. The zero-order valence-corrected chi connectivity index (χ0v) is 11.7. The Morgan fingerprint density at radius 1 is 1.14 bits per heavy atom. The van der Waals surface area contributed by atoms with Gasteiger partial charge in [-0.05, 0) is 12.8 Å². The van der Waals surface area contributed by atoms with Crippen molar-refractivity contribution in [3.63, 3.8) is 0 Å². The maximum Gasteiger partial charge on any atom is 0.258 e.